The number of anilines is 1. The van der Waals surface area contributed by atoms with Crippen molar-refractivity contribution in [2.24, 2.45) is 0 Å². The molecule has 0 bridgehead atoms. The van der Waals surface area contributed by atoms with Gasteiger partial charge >= 0.3 is 5.97 Å². The maximum atomic E-state index is 11.0. The molecular weight excluding hydrogens is 594 g/mol. The topological polar surface area (TPSA) is 64.0 Å². The van der Waals surface area contributed by atoms with Crippen LogP contribution in [0, 0.1) is 0 Å². The van der Waals surface area contributed by atoms with Crippen molar-refractivity contribution in [3.05, 3.63) is 41.5 Å². The molecule has 1 heterocycles. The van der Waals surface area contributed by atoms with Gasteiger partial charge in [0.15, 0.2) is 0 Å². The molecule has 2 aromatic rings. The van der Waals surface area contributed by atoms with Gasteiger partial charge in [-0.2, -0.15) is 0 Å². The number of aliphatic carboxylic acids is 1. The lowest BCUT2D eigenvalue weighted by atomic mass is 10.1. The van der Waals surface area contributed by atoms with Gasteiger partial charge in [0.2, 0.25) is 0 Å². The van der Waals surface area contributed by atoms with E-state index in [9.17, 15) is 9.90 Å². The molecule has 2 rings (SSSR count). The summed E-state index contributed by atoms with van der Waals surface area (Å²) in [5.41, 5.74) is 2.03. The molecule has 0 saturated carbocycles. The van der Waals surface area contributed by atoms with Gasteiger partial charge in [-0.25, -0.2) is 4.31 Å². The summed E-state index contributed by atoms with van der Waals surface area (Å²) in [5.74, 6) is -0.748. The van der Waals surface area contributed by atoms with Crippen molar-refractivity contribution >= 4 is 93.7 Å². The predicted octanol–water partition coefficient (Wildman–Crippen LogP) is 5.66. The summed E-state index contributed by atoms with van der Waals surface area (Å²) in [6.07, 6.45) is 0. The smallest absolute Gasteiger partial charge is 0.318 e. The van der Waals surface area contributed by atoms with E-state index in [4.69, 9.17) is 5.11 Å². The van der Waals surface area contributed by atoms with Gasteiger partial charge in [0.1, 0.15) is 12.3 Å². The molecule has 5 nitrogen and oxygen atoms in total. The Labute approximate surface area is 176 Å². The molecule has 0 atom stereocenters. The van der Waals surface area contributed by atoms with E-state index < -0.39 is 5.97 Å². The number of hydrogen-bond donors (Lipinski definition) is 2. The summed E-state index contributed by atoms with van der Waals surface area (Å²) < 4.78 is 4.90. The fraction of sp³-hybridized carbons (Fsp3) is 0.214. The second kappa shape index (κ2) is 9.71. The van der Waals surface area contributed by atoms with Crippen LogP contribution in [0.15, 0.2) is 35.9 Å². The summed E-state index contributed by atoms with van der Waals surface area (Å²) in [4.78, 5) is 11.0. The predicted molar refractivity (Wildman–Crippen MR) is 122 cm³/mol. The lowest BCUT2D eigenvalue weighted by Gasteiger charge is -2.22. The zero-order valence-electron chi connectivity index (χ0n) is 12.3. The first-order valence-corrected chi connectivity index (χ1v) is 14.1. The average Bonchev–Trinajstić information content (AvgIpc) is 2.99. The van der Waals surface area contributed by atoms with Crippen LogP contribution in [-0.2, 0) is 11.3 Å². The number of carboxylic acids is 1. The number of aliphatic hydroxyl groups excluding tert-OH is 1. The Morgan fingerprint density at radius 1 is 1.25 bits per heavy atom. The number of hydrogen-bond acceptors (Lipinski definition) is 7. The number of fused-ring (bicyclic) bond motifs is 1. The molecule has 130 valence electrons. The van der Waals surface area contributed by atoms with Crippen molar-refractivity contribution in [3.8, 4) is 0 Å². The van der Waals surface area contributed by atoms with E-state index in [1.165, 1.54) is 18.2 Å². The third kappa shape index (κ3) is 5.56. The summed E-state index contributed by atoms with van der Waals surface area (Å²) in [5, 5.41) is 21.7. The van der Waals surface area contributed by atoms with Crippen molar-refractivity contribution < 1.29 is 15.0 Å². The average molecular weight is 608 g/mol. The first-order valence-electron chi connectivity index (χ1n) is 6.63. The number of benzene rings is 1. The van der Waals surface area contributed by atoms with E-state index in [1.807, 2.05) is 9.69 Å². The zero-order chi connectivity index (χ0) is 17.7. The highest BCUT2D eigenvalue weighted by molar-refractivity contribution is 14.2. The zero-order valence-corrected chi connectivity index (χ0v) is 19.1. The Morgan fingerprint density at radius 3 is 2.58 bits per heavy atom. The largest absolute Gasteiger partial charge is 0.511 e. The Hall–Kier alpha value is 0.110. The van der Waals surface area contributed by atoms with Gasteiger partial charge in [-0.3, -0.25) is 9.10 Å². The van der Waals surface area contributed by atoms with E-state index in [2.05, 4.69) is 67.2 Å². The number of aliphatic hydroxyl groups is 1. The monoisotopic (exact) mass is 608 g/mol. The highest BCUT2D eigenvalue weighted by atomic mass is 127. The maximum absolute atomic E-state index is 11.0. The van der Waals surface area contributed by atoms with E-state index in [0.717, 1.165) is 21.3 Å². The van der Waals surface area contributed by atoms with Crippen LogP contribution in [0.1, 0.15) is 5.56 Å². The molecule has 0 fully saturated rings. The van der Waals surface area contributed by atoms with Crippen molar-refractivity contribution in [2.75, 3.05) is 17.4 Å². The maximum Gasteiger partial charge on any atom is 0.318 e. The number of thiophene rings is 1. The second-order valence-electron chi connectivity index (χ2n) is 4.89. The van der Waals surface area contributed by atoms with Crippen LogP contribution in [0.25, 0.3) is 10.1 Å². The summed E-state index contributed by atoms with van der Waals surface area (Å²) >= 11 is 5.92. The van der Waals surface area contributed by atoms with Gasteiger partial charge in [0.25, 0.3) is 0 Å². The van der Waals surface area contributed by atoms with Crippen molar-refractivity contribution in [3.63, 3.8) is 0 Å². The lowest BCUT2D eigenvalue weighted by Crippen LogP contribution is -2.22. The molecule has 0 spiro atoms. The van der Waals surface area contributed by atoms with Gasteiger partial charge in [-0.05, 0) is 43.6 Å². The first-order chi connectivity index (χ1) is 11.4. The van der Waals surface area contributed by atoms with Gasteiger partial charge in [0.05, 0.1) is 16.9 Å². The quantitative estimate of drug-likeness (QED) is 0.217. The highest BCUT2D eigenvalue weighted by Crippen LogP contribution is 2.38. The summed E-state index contributed by atoms with van der Waals surface area (Å²) in [6.45, 7) is 4.41. The molecule has 0 amide bonds. The minimum absolute atomic E-state index is 0.0250. The van der Waals surface area contributed by atoms with Crippen LogP contribution in [-0.4, -0.2) is 33.6 Å². The van der Waals surface area contributed by atoms with Crippen LogP contribution < -0.4 is 4.31 Å². The lowest BCUT2D eigenvalue weighted by molar-refractivity contribution is -0.137. The molecule has 0 saturated heterocycles. The Bertz CT molecular complexity index is 741. The number of carboxylic acid groups (broad SMARTS) is 1. The first kappa shape index (κ1) is 20.4. The fourth-order valence-corrected chi connectivity index (χ4v) is 5.80. The van der Waals surface area contributed by atoms with Gasteiger partial charge in [-0.1, -0.05) is 6.58 Å². The molecule has 0 aliphatic rings. The van der Waals surface area contributed by atoms with Gasteiger partial charge in [0, 0.05) is 58.1 Å². The molecule has 0 radical (unpaired) electrons. The number of rotatable bonds is 9. The summed E-state index contributed by atoms with van der Waals surface area (Å²) in [6, 6.07) is 6.19. The molecule has 2 N–H and O–H groups in total. The highest BCUT2D eigenvalue weighted by Gasteiger charge is 2.16. The minimum Gasteiger partial charge on any atom is -0.511 e. The molecule has 0 aliphatic heterocycles. The normalized spacial score (nSPS) is 11.1. The van der Waals surface area contributed by atoms with Crippen LogP contribution in [0.2, 0.25) is 0 Å². The molecule has 0 unspecified atom stereocenters. The molecule has 1 aromatic heterocycles. The molecule has 1 aromatic carbocycles. The molecule has 0 aliphatic carbocycles. The Balaban J connectivity index is 2.38. The van der Waals surface area contributed by atoms with Gasteiger partial charge < -0.3 is 10.2 Å². The number of carbonyl (C=O) groups is 1. The van der Waals surface area contributed by atoms with Crippen LogP contribution in [0.3, 0.4) is 0 Å². The van der Waals surface area contributed by atoms with E-state index >= 15 is 0 Å². The second-order valence-corrected chi connectivity index (χ2v) is 9.40. The standard InChI is InChI=1S/C14H14I2N2O3S3/c1-9(19)6-18(24-16)12-5-10(4-11-2-3-22-14(11)12)7-17(23-15)8-13(20)21/h2-5,19H,1,6-8H2,(H,20,21). The summed E-state index contributed by atoms with van der Waals surface area (Å²) in [7, 11) is 2.87. The SMILES string of the molecule is C=C(O)CN(SI)c1cc(CN(CC(=O)O)SI)cc2ccsc12. The van der Waals surface area contributed by atoms with E-state index in [1.54, 1.807) is 15.6 Å². The molecule has 10 heteroatoms. The van der Waals surface area contributed by atoms with Crippen LogP contribution in [0.5, 0.6) is 0 Å². The minimum atomic E-state index is -0.850. The number of halogens is 2. The number of nitrogens with zero attached hydrogens (tertiary/aromatic N) is 2. The van der Waals surface area contributed by atoms with Crippen molar-refractivity contribution in [1.29, 1.82) is 0 Å². The van der Waals surface area contributed by atoms with Crippen LogP contribution in [0.4, 0.5) is 5.69 Å². The van der Waals surface area contributed by atoms with E-state index in [0.29, 0.717) is 13.1 Å². The third-order valence-corrected chi connectivity index (χ3v) is 8.03. The van der Waals surface area contributed by atoms with Crippen LogP contribution >= 0.6 is 72.0 Å². The van der Waals surface area contributed by atoms with Gasteiger partial charge in [-0.15, -0.1) is 11.3 Å². The van der Waals surface area contributed by atoms with E-state index in [-0.39, 0.29) is 12.3 Å². The Morgan fingerprint density at radius 2 is 2.00 bits per heavy atom. The third-order valence-electron chi connectivity index (χ3n) is 3.04. The molecular formula is C14H14I2N2O3S3. The Kier molecular flexibility index (Phi) is 8.26. The molecule has 24 heavy (non-hydrogen) atoms. The van der Waals surface area contributed by atoms with Crippen molar-refractivity contribution in [2.45, 2.75) is 6.54 Å². The van der Waals surface area contributed by atoms with Crippen molar-refractivity contribution in [1.82, 2.24) is 4.31 Å². The fourth-order valence-electron chi connectivity index (χ4n) is 2.17.